The van der Waals surface area contributed by atoms with Crippen LogP contribution in [0.4, 0.5) is 5.69 Å². The van der Waals surface area contributed by atoms with Crippen molar-refractivity contribution in [3.05, 3.63) is 34.6 Å². The molecular weight excluding hydrogens is 434 g/mol. The second kappa shape index (κ2) is 8.42. The van der Waals surface area contributed by atoms with Crippen LogP contribution in [0.3, 0.4) is 0 Å². The fourth-order valence-electron chi connectivity index (χ4n) is 3.45. The lowest BCUT2D eigenvalue weighted by Gasteiger charge is -2.36. The Morgan fingerprint density at radius 2 is 1.93 bits per heavy atom. The lowest BCUT2D eigenvalue weighted by molar-refractivity contribution is -0.120. The van der Waals surface area contributed by atoms with E-state index < -0.39 is 28.2 Å². The standard InChI is InChI=1S/C18H24ClN5O5S/c1-10-11(9-23(2)21-10)13-7-15(24(3)30(26,27)22-13)18(25)20-14-8-16(28-4)12(19)6-17(14)29-5/h6,8-9,13,15,22H,7H2,1-5H3,(H,20,25). The smallest absolute Gasteiger partial charge is 0.280 e. The van der Waals surface area contributed by atoms with Gasteiger partial charge in [-0.25, -0.2) is 0 Å². The van der Waals surface area contributed by atoms with E-state index >= 15 is 0 Å². The van der Waals surface area contributed by atoms with E-state index in [0.29, 0.717) is 27.9 Å². The highest BCUT2D eigenvalue weighted by molar-refractivity contribution is 7.87. The van der Waals surface area contributed by atoms with E-state index in [1.165, 1.54) is 33.4 Å². The number of halogens is 1. The van der Waals surface area contributed by atoms with Crippen molar-refractivity contribution in [3.63, 3.8) is 0 Å². The summed E-state index contributed by atoms with van der Waals surface area (Å²) in [6, 6.07) is 1.50. The Morgan fingerprint density at radius 1 is 1.27 bits per heavy atom. The van der Waals surface area contributed by atoms with E-state index in [4.69, 9.17) is 21.1 Å². The van der Waals surface area contributed by atoms with Gasteiger partial charge in [0.15, 0.2) is 0 Å². The van der Waals surface area contributed by atoms with Crippen LogP contribution in [0.2, 0.25) is 5.02 Å². The minimum atomic E-state index is -3.88. The summed E-state index contributed by atoms with van der Waals surface area (Å²) >= 11 is 6.11. The van der Waals surface area contributed by atoms with Crippen molar-refractivity contribution < 1.29 is 22.7 Å². The van der Waals surface area contributed by atoms with E-state index in [1.807, 2.05) is 0 Å². The average molecular weight is 458 g/mol. The Morgan fingerprint density at radius 3 is 2.50 bits per heavy atom. The predicted molar refractivity (Wildman–Crippen MR) is 112 cm³/mol. The summed E-state index contributed by atoms with van der Waals surface area (Å²) in [5.41, 5.74) is 1.73. The third-order valence-corrected chi connectivity index (χ3v) is 6.92. The highest BCUT2D eigenvalue weighted by atomic mass is 35.5. The van der Waals surface area contributed by atoms with E-state index in [9.17, 15) is 13.2 Å². The van der Waals surface area contributed by atoms with Gasteiger partial charge in [0.05, 0.1) is 36.7 Å². The van der Waals surface area contributed by atoms with Crippen LogP contribution in [-0.2, 0) is 22.1 Å². The molecule has 2 atom stereocenters. The van der Waals surface area contributed by atoms with E-state index in [0.717, 1.165) is 9.87 Å². The monoisotopic (exact) mass is 457 g/mol. The Balaban J connectivity index is 1.91. The molecule has 3 rings (SSSR count). The maximum absolute atomic E-state index is 13.1. The first-order chi connectivity index (χ1) is 14.1. The highest BCUT2D eigenvalue weighted by Gasteiger charge is 2.41. The van der Waals surface area contributed by atoms with Gasteiger partial charge in [-0.3, -0.25) is 9.48 Å². The minimum Gasteiger partial charge on any atom is -0.495 e. The van der Waals surface area contributed by atoms with Crippen molar-refractivity contribution in [2.24, 2.45) is 7.05 Å². The van der Waals surface area contributed by atoms with Gasteiger partial charge in [-0.1, -0.05) is 11.6 Å². The predicted octanol–water partition coefficient (Wildman–Crippen LogP) is 1.62. The molecule has 1 aromatic carbocycles. The first-order valence-corrected chi connectivity index (χ1v) is 10.9. The van der Waals surface area contributed by atoms with Crippen LogP contribution in [0.5, 0.6) is 11.5 Å². The summed E-state index contributed by atoms with van der Waals surface area (Å²) in [6.07, 6.45) is 1.97. The van der Waals surface area contributed by atoms with Gasteiger partial charge in [-0.05, 0) is 13.3 Å². The quantitative estimate of drug-likeness (QED) is 0.705. The number of aryl methyl sites for hydroxylation is 2. The summed E-state index contributed by atoms with van der Waals surface area (Å²) in [6.45, 7) is 1.79. The van der Waals surface area contributed by atoms with Gasteiger partial charge in [-0.2, -0.15) is 22.5 Å². The van der Waals surface area contributed by atoms with E-state index in [1.54, 1.807) is 24.9 Å². The topological polar surface area (TPSA) is 115 Å². The first kappa shape index (κ1) is 22.3. The fraction of sp³-hybridized carbons (Fsp3) is 0.444. The third kappa shape index (κ3) is 4.24. The molecule has 2 N–H and O–H groups in total. The molecular formula is C18H24ClN5O5S. The van der Waals surface area contributed by atoms with Crippen LogP contribution < -0.4 is 19.5 Å². The van der Waals surface area contributed by atoms with Gasteiger partial charge in [0, 0.05) is 38.0 Å². The molecule has 0 saturated carbocycles. The Kier molecular flexibility index (Phi) is 6.27. The number of nitrogens with zero attached hydrogens (tertiary/aromatic N) is 3. The number of likely N-dealkylation sites (N-methyl/N-ethyl adjacent to an activating group) is 1. The molecule has 30 heavy (non-hydrogen) atoms. The number of aromatic nitrogens is 2. The molecule has 12 heteroatoms. The van der Waals surface area contributed by atoms with Crippen LogP contribution in [0, 0.1) is 6.92 Å². The fourth-order valence-corrected chi connectivity index (χ4v) is 4.94. The van der Waals surface area contributed by atoms with Crippen molar-refractivity contribution in [2.75, 3.05) is 26.6 Å². The number of hydrogen-bond donors (Lipinski definition) is 2. The number of hydrogen-bond acceptors (Lipinski definition) is 6. The molecule has 0 spiro atoms. The highest BCUT2D eigenvalue weighted by Crippen LogP contribution is 2.37. The number of carbonyl (C=O) groups is 1. The molecule has 1 aliphatic rings. The van der Waals surface area contributed by atoms with E-state index in [-0.39, 0.29) is 6.42 Å². The van der Waals surface area contributed by atoms with Gasteiger partial charge in [0.25, 0.3) is 10.2 Å². The number of nitrogens with one attached hydrogen (secondary N) is 2. The van der Waals surface area contributed by atoms with Crippen LogP contribution in [-0.4, -0.2) is 55.7 Å². The zero-order valence-electron chi connectivity index (χ0n) is 17.3. The summed E-state index contributed by atoms with van der Waals surface area (Å²) in [4.78, 5) is 13.1. The summed E-state index contributed by atoms with van der Waals surface area (Å²) < 4.78 is 41.0. The Hall–Kier alpha value is -2.34. The Bertz CT molecular complexity index is 1070. The van der Waals surface area contributed by atoms with E-state index in [2.05, 4.69) is 15.1 Å². The van der Waals surface area contributed by atoms with Crippen molar-refractivity contribution in [3.8, 4) is 11.5 Å². The molecule has 2 heterocycles. The Labute approximate surface area is 180 Å². The molecule has 1 aromatic heterocycles. The molecule has 2 aromatic rings. The number of ether oxygens (including phenoxy) is 2. The minimum absolute atomic E-state index is 0.223. The maximum atomic E-state index is 13.1. The SMILES string of the molecule is COc1cc(NC(=O)C2CC(c3cn(C)nc3C)NS(=O)(=O)N2C)c(OC)cc1Cl. The molecule has 2 unspecified atom stereocenters. The summed E-state index contributed by atoms with van der Waals surface area (Å²) in [5, 5.41) is 7.32. The number of anilines is 1. The summed E-state index contributed by atoms with van der Waals surface area (Å²) in [7, 11) is 2.13. The zero-order chi connectivity index (χ0) is 22.2. The van der Waals surface area contributed by atoms with Crippen molar-refractivity contribution in [2.45, 2.75) is 25.4 Å². The van der Waals surface area contributed by atoms with Crippen LogP contribution in [0.25, 0.3) is 0 Å². The lowest BCUT2D eigenvalue weighted by atomic mass is 10.00. The number of amides is 1. The van der Waals surface area contributed by atoms with Gasteiger partial charge >= 0.3 is 0 Å². The number of methoxy groups -OCH3 is 2. The molecule has 1 amide bonds. The average Bonchev–Trinajstić information content (AvgIpc) is 3.02. The van der Waals surface area contributed by atoms with Crippen molar-refractivity contribution in [1.29, 1.82) is 0 Å². The molecule has 0 aliphatic carbocycles. The number of rotatable bonds is 5. The number of carbonyl (C=O) groups excluding carboxylic acids is 1. The molecule has 1 aliphatic heterocycles. The van der Waals surface area contributed by atoms with Gasteiger partial charge in [0.2, 0.25) is 5.91 Å². The molecule has 1 saturated heterocycles. The largest absolute Gasteiger partial charge is 0.495 e. The lowest BCUT2D eigenvalue weighted by Crippen LogP contribution is -2.56. The molecule has 0 bridgehead atoms. The molecule has 164 valence electrons. The van der Waals surface area contributed by atoms with Crippen molar-refractivity contribution in [1.82, 2.24) is 18.8 Å². The maximum Gasteiger partial charge on any atom is 0.280 e. The zero-order valence-corrected chi connectivity index (χ0v) is 18.8. The van der Waals surface area contributed by atoms with Crippen molar-refractivity contribution >= 4 is 33.4 Å². The normalized spacial score (nSPS) is 21.3. The van der Waals surface area contributed by atoms with Gasteiger partial charge in [-0.15, -0.1) is 0 Å². The first-order valence-electron chi connectivity index (χ1n) is 9.05. The van der Waals surface area contributed by atoms with Crippen LogP contribution >= 0.6 is 11.6 Å². The molecule has 10 nitrogen and oxygen atoms in total. The molecule has 0 radical (unpaired) electrons. The number of benzene rings is 1. The van der Waals surface area contributed by atoms with Gasteiger partial charge < -0.3 is 14.8 Å². The second-order valence-corrected chi connectivity index (χ2v) is 9.13. The van der Waals surface area contributed by atoms with Crippen LogP contribution in [0.15, 0.2) is 18.3 Å². The van der Waals surface area contributed by atoms with Crippen LogP contribution in [0.1, 0.15) is 23.7 Å². The summed E-state index contributed by atoms with van der Waals surface area (Å²) in [5.74, 6) is 0.174. The second-order valence-electron chi connectivity index (χ2n) is 6.96. The third-order valence-electron chi connectivity index (χ3n) is 5.03. The molecule has 1 fully saturated rings. The van der Waals surface area contributed by atoms with Gasteiger partial charge in [0.1, 0.15) is 17.5 Å².